The Morgan fingerprint density at radius 1 is 1.21 bits per heavy atom. The highest BCUT2D eigenvalue weighted by molar-refractivity contribution is 6.05. The Labute approximate surface area is 161 Å². The van der Waals surface area contributed by atoms with Crippen molar-refractivity contribution in [2.24, 2.45) is 0 Å². The second kappa shape index (κ2) is 7.08. The standard InChI is InChI=1S/C18H14F3N5O3/c19-18(20,21)29-12-5-3-4-11(10-12)25-9-7-13(17(25)28)22-16(27)15-14-6-1-2-8-26(14)24-23-15/h1-6,8,10,13H,7,9H2,(H,22,27). The molecule has 1 aliphatic heterocycles. The van der Waals surface area contributed by atoms with Gasteiger partial charge in [-0.15, -0.1) is 18.3 Å². The zero-order valence-electron chi connectivity index (χ0n) is 14.8. The maximum Gasteiger partial charge on any atom is 0.573 e. The third-order valence-corrected chi connectivity index (χ3v) is 4.41. The Morgan fingerprint density at radius 2 is 2.03 bits per heavy atom. The van der Waals surface area contributed by atoms with E-state index in [-0.39, 0.29) is 17.9 Å². The third kappa shape index (κ3) is 3.84. The molecule has 1 fully saturated rings. The van der Waals surface area contributed by atoms with Crippen LogP contribution in [-0.2, 0) is 4.79 Å². The second-order valence-electron chi connectivity index (χ2n) is 6.32. The van der Waals surface area contributed by atoms with Crippen LogP contribution in [0, 0.1) is 0 Å². The highest BCUT2D eigenvalue weighted by Gasteiger charge is 2.35. The Hall–Kier alpha value is -3.63. The summed E-state index contributed by atoms with van der Waals surface area (Å²) in [6, 6.07) is 9.44. The van der Waals surface area contributed by atoms with Crippen molar-refractivity contribution < 1.29 is 27.5 Å². The molecular weight excluding hydrogens is 391 g/mol. The van der Waals surface area contributed by atoms with Gasteiger partial charge in [0, 0.05) is 24.5 Å². The fraction of sp³-hybridized carbons (Fsp3) is 0.222. The van der Waals surface area contributed by atoms with Gasteiger partial charge in [-0.2, -0.15) is 0 Å². The lowest BCUT2D eigenvalue weighted by molar-refractivity contribution is -0.274. The predicted octanol–water partition coefficient (Wildman–Crippen LogP) is 2.16. The fourth-order valence-electron chi connectivity index (χ4n) is 3.15. The number of carbonyl (C=O) groups is 2. The maximum atomic E-state index is 12.7. The maximum absolute atomic E-state index is 12.7. The molecule has 0 aliphatic carbocycles. The smallest absolute Gasteiger partial charge is 0.406 e. The van der Waals surface area contributed by atoms with E-state index in [1.54, 1.807) is 24.4 Å². The van der Waals surface area contributed by atoms with Gasteiger partial charge in [0.15, 0.2) is 5.69 Å². The topological polar surface area (TPSA) is 88.8 Å². The molecule has 11 heteroatoms. The van der Waals surface area contributed by atoms with Gasteiger partial charge in [-0.05, 0) is 30.7 Å². The molecule has 0 bridgehead atoms. The average molecular weight is 405 g/mol. The van der Waals surface area contributed by atoms with E-state index in [1.807, 2.05) is 0 Å². The summed E-state index contributed by atoms with van der Waals surface area (Å²) < 4.78 is 42.6. The molecule has 150 valence electrons. The summed E-state index contributed by atoms with van der Waals surface area (Å²) in [5.74, 6) is -1.41. The molecule has 1 unspecified atom stereocenters. The number of fused-ring (bicyclic) bond motifs is 1. The summed E-state index contributed by atoms with van der Waals surface area (Å²) in [5, 5.41) is 10.3. The van der Waals surface area contributed by atoms with Crippen LogP contribution in [0.5, 0.6) is 5.75 Å². The normalized spacial score (nSPS) is 17.0. The number of ether oxygens (including phenoxy) is 1. The van der Waals surface area contributed by atoms with Crippen molar-refractivity contribution in [3.05, 3.63) is 54.4 Å². The van der Waals surface area contributed by atoms with Gasteiger partial charge < -0.3 is 15.0 Å². The summed E-state index contributed by atoms with van der Waals surface area (Å²) in [5.41, 5.74) is 0.823. The lowest BCUT2D eigenvalue weighted by atomic mass is 10.2. The van der Waals surface area contributed by atoms with Gasteiger partial charge in [0.05, 0.1) is 5.52 Å². The minimum absolute atomic E-state index is 0.0809. The van der Waals surface area contributed by atoms with Gasteiger partial charge in [-0.25, -0.2) is 4.52 Å². The number of hydrogen-bond acceptors (Lipinski definition) is 5. The Kier molecular flexibility index (Phi) is 4.57. The number of benzene rings is 1. The Bertz CT molecular complexity index is 1080. The summed E-state index contributed by atoms with van der Waals surface area (Å²) >= 11 is 0. The van der Waals surface area contributed by atoms with Crippen molar-refractivity contribution in [3.63, 3.8) is 0 Å². The average Bonchev–Trinajstić information content (AvgIpc) is 3.25. The van der Waals surface area contributed by atoms with Crippen molar-refractivity contribution >= 4 is 23.0 Å². The monoisotopic (exact) mass is 405 g/mol. The number of amides is 2. The van der Waals surface area contributed by atoms with Crippen LogP contribution in [-0.4, -0.2) is 45.6 Å². The van der Waals surface area contributed by atoms with E-state index in [9.17, 15) is 22.8 Å². The Balaban J connectivity index is 1.48. The molecule has 0 spiro atoms. The van der Waals surface area contributed by atoms with E-state index in [2.05, 4.69) is 20.4 Å². The molecule has 0 radical (unpaired) electrons. The van der Waals surface area contributed by atoms with Crippen LogP contribution in [0.25, 0.3) is 5.52 Å². The SMILES string of the molecule is O=C(NC1CCN(c2cccc(OC(F)(F)F)c2)C1=O)c1nnn2ccccc12. The van der Waals surface area contributed by atoms with Crippen LogP contribution in [0.2, 0.25) is 0 Å². The molecule has 1 aliphatic rings. The first kappa shape index (κ1) is 18.7. The molecule has 1 N–H and O–H groups in total. The zero-order chi connectivity index (χ0) is 20.6. The number of halogens is 3. The molecule has 3 heterocycles. The largest absolute Gasteiger partial charge is 0.573 e. The molecule has 1 atom stereocenters. The van der Waals surface area contributed by atoms with Crippen LogP contribution in [0.15, 0.2) is 48.7 Å². The van der Waals surface area contributed by atoms with Gasteiger partial charge >= 0.3 is 6.36 Å². The number of nitrogens with zero attached hydrogens (tertiary/aromatic N) is 4. The van der Waals surface area contributed by atoms with E-state index in [4.69, 9.17) is 0 Å². The minimum Gasteiger partial charge on any atom is -0.406 e. The van der Waals surface area contributed by atoms with Crippen LogP contribution < -0.4 is 15.0 Å². The molecular formula is C18H14F3N5O3. The quantitative estimate of drug-likeness (QED) is 0.719. The minimum atomic E-state index is -4.83. The van der Waals surface area contributed by atoms with Gasteiger partial charge in [-0.1, -0.05) is 17.3 Å². The van der Waals surface area contributed by atoms with Crippen LogP contribution in [0.3, 0.4) is 0 Å². The molecule has 29 heavy (non-hydrogen) atoms. The van der Waals surface area contributed by atoms with Crippen molar-refractivity contribution in [1.82, 2.24) is 20.1 Å². The first-order valence-electron chi connectivity index (χ1n) is 8.60. The number of nitrogens with one attached hydrogen (secondary N) is 1. The second-order valence-corrected chi connectivity index (χ2v) is 6.32. The summed E-state index contributed by atoms with van der Waals surface area (Å²) in [7, 11) is 0. The number of rotatable bonds is 4. The molecule has 0 saturated carbocycles. The van der Waals surface area contributed by atoms with E-state index < -0.39 is 30.0 Å². The summed E-state index contributed by atoms with van der Waals surface area (Å²) in [4.78, 5) is 26.5. The fourth-order valence-corrected chi connectivity index (χ4v) is 3.15. The van der Waals surface area contributed by atoms with Gasteiger partial charge in [0.2, 0.25) is 5.91 Å². The number of aromatic nitrogens is 3. The highest BCUT2D eigenvalue weighted by Crippen LogP contribution is 2.29. The number of carbonyl (C=O) groups excluding carboxylic acids is 2. The van der Waals surface area contributed by atoms with Crippen LogP contribution in [0.1, 0.15) is 16.9 Å². The summed E-state index contributed by atoms with van der Waals surface area (Å²) in [6.45, 7) is 0.238. The van der Waals surface area contributed by atoms with Crippen molar-refractivity contribution in [2.45, 2.75) is 18.8 Å². The highest BCUT2D eigenvalue weighted by atomic mass is 19.4. The van der Waals surface area contributed by atoms with Crippen LogP contribution in [0.4, 0.5) is 18.9 Å². The third-order valence-electron chi connectivity index (χ3n) is 4.41. The zero-order valence-corrected chi connectivity index (χ0v) is 14.8. The van der Waals surface area contributed by atoms with E-state index in [0.717, 1.165) is 12.1 Å². The molecule has 3 aromatic rings. The summed E-state index contributed by atoms with van der Waals surface area (Å²) in [6.07, 6.45) is -2.89. The van der Waals surface area contributed by atoms with Crippen molar-refractivity contribution in [2.75, 3.05) is 11.4 Å². The van der Waals surface area contributed by atoms with Gasteiger partial charge in [0.1, 0.15) is 11.8 Å². The van der Waals surface area contributed by atoms with Crippen LogP contribution >= 0.6 is 0 Å². The number of pyridine rings is 1. The Morgan fingerprint density at radius 3 is 2.83 bits per heavy atom. The molecule has 4 rings (SSSR count). The number of alkyl halides is 3. The van der Waals surface area contributed by atoms with E-state index in [0.29, 0.717) is 11.9 Å². The first-order valence-corrected chi connectivity index (χ1v) is 8.60. The predicted molar refractivity (Wildman–Crippen MR) is 94.3 cm³/mol. The van der Waals surface area contributed by atoms with Gasteiger partial charge in [-0.3, -0.25) is 9.59 Å². The lowest BCUT2D eigenvalue weighted by Crippen LogP contribution is -2.41. The molecule has 2 amide bonds. The van der Waals surface area contributed by atoms with E-state index >= 15 is 0 Å². The van der Waals surface area contributed by atoms with Crippen molar-refractivity contribution in [1.29, 1.82) is 0 Å². The van der Waals surface area contributed by atoms with E-state index in [1.165, 1.54) is 21.5 Å². The molecule has 1 saturated heterocycles. The number of hydrogen-bond donors (Lipinski definition) is 1. The number of anilines is 1. The lowest BCUT2D eigenvalue weighted by Gasteiger charge is -2.18. The molecule has 1 aromatic carbocycles. The van der Waals surface area contributed by atoms with Gasteiger partial charge in [0.25, 0.3) is 5.91 Å². The van der Waals surface area contributed by atoms with Crippen molar-refractivity contribution in [3.8, 4) is 5.75 Å². The molecule has 8 nitrogen and oxygen atoms in total. The first-order chi connectivity index (χ1) is 13.8. The molecule has 2 aromatic heterocycles.